The third kappa shape index (κ3) is 4.19. The Hall–Kier alpha value is -2.02. The summed E-state index contributed by atoms with van der Waals surface area (Å²) in [4.78, 5) is 15.2. The van der Waals surface area contributed by atoms with E-state index in [1.807, 2.05) is 31.2 Å². The highest BCUT2D eigenvalue weighted by atomic mass is 32.2. The SMILES string of the molecule is CCn1c(S[C@@H](C)C(=O)N2[C@@H](C)CCC[C@@H]2C)nnc1-c1ccc(OC)cc1. The lowest BCUT2D eigenvalue weighted by Gasteiger charge is -2.40. The van der Waals surface area contributed by atoms with Crippen LogP contribution in [0, 0.1) is 0 Å². The molecule has 6 nitrogen and oxygen atoms in total. The molecule has 7 heteroatoms. The number of aromatic nitrogens is 3. The maximum atomic E-state index is 13.1. The van der Waals surface area contributed by atoms with Crippen LogP contribution in [0.3, 0.4) is 0 Å². The molecule has 0 unspecified atom stereocenters. The van der Waals surface area contributed by atoms with Gasteiger partial charge in [0.05, 0.1) is 12.4 Å². The molecule has 0 aliphatic carbocycles. The fourth-order valence-corrected chi connectivity index (χ4v) is 4.86. The van der Waals surface area contributed by atoms with Gasteiger partial charge >= 0.3 is 0 Å². The molecule has 28 heavy (non-hydrogen) atoms. The Morgan fingerprint density at radius 2 is 1.86 bits per heavy atom. The van der Waals surface area contributed by atoms with E-state index in [1.165, 1.54) is 18.2 Å². The number of carbonyl (C=O) groups excluding carboxylic acids is 1. The van der Waals surface area contributed by atoms with Crippen molar-refractivity contribution in [2.45, 2.75) is 76.0 Å². The second kappa shape index (κ2) is 8.99. The number of piperidine rings is 1. The van der Waals surface area contributed by atoms with Crippen LogP contribution in [0.5, 0.6) is 5.75 Å². The fraction of sp³-hybridized carbons (Fsp3) is 0.571. The first kappa shape index (κ1) is 20.7. The lowest BCUT2D eigenvalue weighted by molar-refractivity contribution is -0.136. The molecule has 2 heterocycles. The number of thioether (sulfide) groups is 1. The molecule has 1 aliphatic rings. The Balaban J connectivity index is 1.78. The highest BCUT2D eigenvalue weighted by Crippen LogP contribution is 2.31. The maximum absolute atomic E-state index is 13.1. The zero-order valence-electron chi connectivity index (χ0n) is 17.4. The topological polar surface area (TPSA) is 60.2 Å². The first-order valence-electron chi connectivity index (χ1n) is 10.0. The predicted molar refractivity (Wildman–Crippen MR) is 113 cm³/mol. The van der Waals surface area contributed by atoms with Gasteiger partial charge in [-0.1, -0.05) is 11.8 Å². The van der Waals surface area contributed by atoms with Crippen molar-refractivity contribution in [1.82, 2.24) is 19.7 Å². The van der Waals surface area contributed by atoms with E-state index in [2.05, 4.69) is 40.4 Å². The number of hydrogen-bond acceptors (Lipinski definition) is 5. The van der Waals surface area contributed by atoms with E-state index in [4.69, 9.17) is 4.74 Å². The van der Waals surface area contributed by atoms with Gasteiger partial charge < -0.3 is 14.2 Å². The van der Waals surface area contributed by atoms with Crippen LogP contribution in [0.25, 0.3) is 11.4 Å². The number of nitrogens with zero attached hydrogens (tertiary/aromatic N) is 4. The van der Waals surface area contributed by atoms with Gasteiger partial charge in [0.1, 0.15) is 5.75 Å². The molecule has 1 amide bonds. The molecule has 0 radical (unpaired) electrons. The second-order valence-corrected chi connectivity index (χ2v) is 8.72. The molecule has 3 rings (SSSR count). The number of likely N-dealkylation sites (tertiary alicyclic amines) is 1. The lowest BCUT2D eigenvalue weighted by atomic mass is 9.97. The molecular weight excluding hydrogens is 372 g/mol. The summed E-state index contributed by atoms with van der Waals surface area (Å²) in [7, 11) is 1.65. The molecule has 1 aromatic heterocycles. The van der Waals surface area contributed by atoms with Crippen LogP contribution in [0.1, 0.15) is 47.0 Å². The molecular formula is C21H30N4O2S. The molecule has 1 saturated heterocycles. The van der Waals surface area contributed by atoms with Crippen LogP contribution >= 0.6 is 11.8 Å². The first-order chi connectivity index (χ1) is 13.5. The minimum Gasteiger partial charge on any atom is -0.497 e. The first-order valence-corrected chi connectivity index (χ1v) is 10.9. The van der Waals surface area contributed by atoms with Gasteiger partial charge in [0.2, 0.25) is 5.91 Å². The lowest BCUT2D eigenvalue weighted by Crippen LogP contribution is -2.50. The van der Waals surface area contributed by atoms with E-state index in [0.717, 1.165) is 41.7 Å². The zero-order valence-corrected chi connectivity index (χ0v) is 18.2. The molecule has 1 aliphatic heterocycles. The smallest absolute Gasteiger partial charge is 0.236 e. The van der Waals surface area contributed by atoms with Gasteiger partial charge in [-0.3, -0.25) is 4.79 Å². The van der Waals surface area contributed by atoms with Gasteiger partial charge in [-0.25, -0.2) is 0 Å². The molecule has 1 aromatic carbocycles. The normalized spacial score (nSPS) is 20.8. The summed E-state index contributed by atoms with van der Waals surface area (Å²) in [5.41, 5.74) is 0.985. The average molecular weight is 403 g/mol. The van der Waals surface area contributed by atoms with Crippen LogP contribution in [-0.4, -0.2) is 50.0 Å². The van der Waals surface area contributed by atoms with Gasteiger partial charge in [0.25, 0.3) is 0 Å². The average Bonchev–Trinajstić information content (AvgIpc) is 3.10. The Bertz CT molecular complexity index is 795. The zero-order chi connectivity index (χ0) is 20.3. The number of methoxy groups -OCH3 is 1. The Morgan fingerprint density at radius 3 is 2.43 bits per heavy atom. The minimum absolute atomic E-state index is 0.193. The number of ether oxygens (including phenoxy) is 1. The third-order valence-electron chi connectivity index (χ3n) is 5.46. The predicted octanol–water partition coefficient (Wildman–Crippen LogP) is 4.24. The Morgan fingerprint density at radius 1 is 1.21 bits per heavy atom. The van der Waals surface area contributed by atoms with Crippen molar-refractivity contribution in [3.63, 3.8) is 0 Å². The van der Waals surface area contributed by atoms with Crippen LogP contribution in [0.4, 0.5) is 0 Å². The minimum atomic E-state index is -0.193. The highest BCUT2D eigenvalue weighted by molar-refractivity contribution is 8.00. The number of benzene rings is 1. The number of amides is 1. The van der Waals surface area contributed by atoms with Crippen LogP contribution in [0.2, 0.25) is 0 Å². The third-order valence-corrected chi connectivity index (χ3v) is 6.53. The summed E-state index contributed by atoms with van der Waals surface area (Å²) < 4.78 is 7.30. The van der Waals surface area contributed by atoms with Crippen molar-refractivity contribution >= 4 is 17.7 Å². The van der Waals surface area contributed by atoms with Gasteiger partial charge in [-0.2, -0.15) is 0 Å². The van der Waals surface area contributed by atoms with E-state index in [-0.39, 0.29) is 11.2 Å². The van der Waals surface area contributed by atoms with Gasteiger partial charge in [0, 0.05) is 24.2 Å². The largest absolute Gasteiger partial charge is 0.497 e. The number of carbonyl (C=O) groups is 1. The number of hydrogen-bond donors (Lipinski definition) is 0. The van der Waals surface area contributed by atoms with Crippen molar-refractivity contribution in [3.8, 4) is 17.1 Å². The number of rotatable bonds is 6. The van der Waals surface area contributed by atoms with E-state index >= 15 is 0 Å². The summed E-state index contributed by atoms with van der Waals surface area (Å²) >= 11 is 1.50. The molecule has 152 valence electrons. The van der Waals surface area contributed by atoms with Crippen LogP contribution in [0.15, 0.2) is 29.4 Å². The summed E-state index contributed by atoms with van der Waals surface area (Å²) in [6.07, 6.45) is 3.36. The van der Waals surface area contributed by atoms with Crippen molar-refractivity contribution in [3.05, 3.63) is 24.3 Å². The van der Waals surface area contributed by atoms with Gasteiger partial charge in [-0.15, -0.1) is 10.2 Å². The second-order valence-electron chi connectivity index (χ2n) is 7.41. The summed E-state index contributed by atoms with van der Waals surface area (Å²) in [6, 6.07) is 8.41. The molecule has 0 saturated carbocycles. The van der Waals surface area contributed by atoms with Gasteiger partial charge in [0.15, 0.2) is 11.0 Å². The summed E-state index contributed by atoms with van der Waals surface area (Å²) in [5.74, 6) is 1.82. The molecule has 0 bridgehead atoms. The van der Waals surface area contributed by atoms with Gasteiger partial charge in [-0.05, 0) is 71.2 Å². The quantitative estimate of drug-likeness (QED) is 0.676. The van der Waals surface area contributed by atoms with Crippen molar-refractivity contribution in [2.75, 3.05) is 7.11 Å². The molecule has 3 atom stereocenters. The molecule has 0 N–H and O–H groups in total. The van der Waals surface area contributed by atoms with E-state index < -0.39 is 0 Å². The maximum Gasteiger partial charge on any atom is 0.236 e. The monoisotopic (exact) mass is 402 g/mol. The van der Waals surface area contributed by atoms with E-state index in [9.17, 15) is 4.79 Å². The van der Waals surface area contributed by atoms with E-state index in [1.54, 1.807) is 7.11 Å². The Kier molecular flexibility index (Phi) is 6.65. The van der Waals surface area contributed by atoms with Crippen molar-refractivity contribution < 1.29 is 9.53 Å². The molecule has 1 fully saturated rings. The Labute approximate surface area is 171 Å². The summed E-state index contributed by atoms with van der Waals surface area (Å²) in [6.45, 7) is 9.10. The standard InChI is InChI=1S/C21H30N4O2S/c1-6-24-19(17-10-12-18(27-5)13-11-17)22-23-21(24)28-16(4)20(26)25-14(2)8-7-9-15(25)3/h10-16H,6-9H2,1-5H3/t14-,15-,16-/m0/s1. The van der Waals surface area contributed by atoms with Crippen LogP contribution in [-0.2, 0) is 11.3 Å². The summed E-state index contributed by atoms with van der Waals surface area (Å²) in [5, 5.41) is 9.37. The molecule has 2 aromatic rings. The van der Waals surface area contributed by atoms with Crippen molar-refractivity contribution in [1.29, 1.82) is 0 Å². The highest BCUT2D eigenvalue weighted by Gasteiger charge is 2.32. The van der Waals surface area contributed by atoms with Crippen LogP contribution < -0.4 is 4.74 Å². The fourth-order valence-electron chi connectivity index (χ4n) is 3.89. The molecule has 0 spiro atoms. The van der Waals surface area contributed by atoms with E-state index in [0.29, 0.717) is 12.1 Å². The van der Waals surface area contributed by atoms with Crippen molar-refractivity contribution in [2.24, 2.45) is 0 Å².